The fourth-order valence-electron chi connectivity index (χ4n) is 6.88. The zero-order chi connectivity index (χ0) is 40.4. The maximum absolute atomic E-state index is 10.3. The van der Waals surface area contributed by atoms with Crippen LogP contribution >= 0.6 is 0 Å². The second kappa shape index (κ2) is 53.5. The molecule has 0 atom stereocenters. The Balaban J connectivity index is -0.000000722. The molecule has 6 heteroatoms. The average molecular weight is 769 g/mol. The molecule has 0 saturated heterocycles. The zero-order valence-corrected chi connectivity index (χ0v) is 36.8. The maximum atomic E-state index is 10.3. The van der Waals surface area contributed by atoms with E-state index in [9.17, 15) is 14.4 Å². The fraction of sp³-hybridized carbons (Fsp3) is 0.938. The zero-order valence-electron chi connectivity index (χ0n) is 36.8. The molecular formula is C48H96O6. The van der Waals surface area contributed by atoms with E-state index in [-0.39, 0.29) is 0 Å². The summed E-state index contributed by atoms with van der Waals surface area (Å²) in [5, 5.41) is 25.5. The van der Waals surface area contributed by atoms with Crippen molar-refractivity contribution in [2.45, 2.75) is 290 Å². The maximum Gasteiger partial charge on any atom is 0.303 e. The van der Waals surface area contributed by atoms with E-state index in [0.717, 1.165) is 38.5 Å². The fourth-order valence-corrected chi connectivity index (χ4v) is 6.88. The molecular weight excluding hydrogens is 673 g/mol. The second-order valence-corrected chi connectivity index (χ2v) is 16.2. The van der Waals surface area contributed by atoms with Crippen molar-refractivity contribution >= 4 is 17.9 Å². The van der Waals surface area contributed by atoms with Crippen LogP contribution in [-0.4, -0.2) is 33.2 Å². The first-order valence-electron chi connectivity index (χ1n) is 24.0. The van der Waals surface area contributed by atoms with Crippen LogP contribution in [0.4, 0.5) is 0 Å². The largest absolute Gasteiger partial charge is 0.481 e. The molecule has 0 radical (unpaired) electrons. The van der Waals surface area contributed by atoms with Gasteiger partial charge in [-0.1, -0.05) is 252 Å². The number of hydrogen-bond donors (Lipinski definition) is 3. The monoisotopic (exact) mass is 769 g/mol. The third kappa shape index (κ3) is 65.3. The molecule has 0 aromatic rings. The molecule has 54 heavy (non-hydrogen) atoms. The van der Waals surface area contributed by atoms with E-state index in [1.807, 2.05) is 0 Å². The van der Waals surface area contributed by atoms with Gasteiger partial charge in [0.25, 0.3) is 0 Å². The van der Waals surface area contributed by atoms with Gasteiger partial charge in [0.1, 0.15) is 0 Å². The molecule has 324 valence electrons. The van der Waals surface area contributed by atoms with Crippen LogP contribution in [0.1, 0.15) is 290 Å². The van der Waals surface area contributed by atoms with E-state index in [0.29, 0.717) is 19.3 Å². The summed E-state index contributed by atoms with van der Waals surface area (Å²) in [5.41, 5.74) is 0. The van der Waals surface area contributed by atoms with Crippen molar-refractivity contribution < 1.29 is 29.7 Å². The first-order valence-corrected chi connectivity index (χ1v) is 24.0. The van der Waals surface area contributed by atoms with Gasteiger partial charge in [-0.3, -0.25) is 14.4 Å². The highest BCUT2D eigenvalue weighted by atomic mass is 16.4. The van der Waals surface area contributed by atoms with Gasteiger partial charge in [0.15, 0.2) is 0 Å². The Kier molecular flexibility index (Phi) is 56.2. The highest BCUT2D eigenvalue weighted by molar-refractivity contribution is 5.67. The van der Waals surface area contributed by atoms with Crippen LogP contribution in [0, 0.1) is 0 Å². The normalized spacial score (nSPS) is 10.7. The molecule has 0 rings (SSSR count). The number of aliphatic carboxylic acids is 3. The van der Waals surface area contributed by atoms with Crippen molar-refractivity contribution in [3.05, 3.63) is 0 Å². The molecule has 0 aliphatic heterocycles. The highest BCUT2D eigenvalue weighted by Gasteiger charge is 1.99. The lowest BCUT2D eigenvalue weighted by Gasteiger charge is -2.02. The van der Waals surface area contributed by atoms with Crippen molar-refractivity contribution in [3.63, 3.8) is 0 Å². The van der Waals surface area contributed by atoms with Crippen LogP contribution < -0.4 is 0 Å². The molecule has 0 fully saturated rings. The first kappa shape index (κ1) is 56.7. The number of carboxylic acids is 3. The SMILES string of the molecule is CCCCCCCCCCCCCCCC(=O)O.CCCCCCCCCCCCCCCC(=O)O.CCCCCCCCCCCCCCCC(=O)O. The molecule has 0 spiro atoms. The van der Waals surface area contributed by atoms with Crippen molar-refractivity contribution in [2.75, 3.05) is 0 Å². The quantitative estimate of drug-likeness (QED) is 0.0533. The Morgan fingerprint density at radius 1 is 0.222 bits per heavy atom. The van der Waals surface area contributed by atoms with Gasteiger partial charge in [0.05, 0.1) is 0 Å². The van der Waals surface area contributed by atoms with E-state index < -0.39 is 17.9 Å². The van der Waals surface area contributed by atoms with Crippen molar-refractivity contribution in [1.29, 1.82) is 0 Å². The Morgan fingerprint density at radius 2 is 0.333 bits per heavy atom. The molecule has 0 bridgehead atoms. The van der Waals surface area contributed by atoms with Crippen LogP contribution in [0.3, 0.4) is 0 Å². The highest BCUT2D eigenvalue weighted by Crippen LogP contribution is 2.15. The van der Waals surface area contributed by atoms with Gasteiger partial charge < -0.3 is 15.3 Å². The minimum Gasteiger partial charge on any atom is -0.481 e. The average Bonchev–Trinajstić information content (AvgIpc) is 3.14. The molecule has 0 amide bonds. The molecule has 0 aromatic heterocycles. The molecule has 0 aliphatic rings. The predicted octanol–water partition coefficient (Wildman–Crippen LogP) is 16.7. The van der Waals surface area contributed by atoms with Crippen LogP contribution in [0.15, 0.2) is 0 Å². The van der Waals surface area contributed by atoms with E-state index >= 15 is 0 Å². The summed E-state index contributed by atoms with van der Waals surface area (Å²) >= 11 is 0. The Bertz CT molecular complexity index is 629. The van der Waals surface area contributed by atoms with Crippen LogP contribution in [-0.2, 0) is 14.4 Å². The summed E-state index contributed by atoms with van der Waals surface area (Å²) in [4.78, 5) is 30.9. The molecule has 0 aromatic carbocycles. The Hall–Kier alpha value is -1.59. The van der Waals surface area contributed by atoms with E-state index in [2.05, 4.69) is 20.8 Å². The molecule has 0 heterocycles. The smallest absolute Gasteiger partial charge is 0.303 e. The minimum atomic E-state index is -0.655. The van der Waals surface area contributed by atoms with Gasteiger partial charge in [0.2, 0.25) is 0 Å². The van der Waals surface area contributed by atoms with Crippen molar-refractivity contribution in [3.8, 4) is 0 Å². The molecule has 6 nitrogen and oxygen atoms in total. The Morgan fingerprint density at radius 3 is 0.444 bits per heavy atom. The Labute approximate surface area is 337 Å². The number of carboxylic acid groups (broad SMARTS) is 3. The van der Waals surface area contributed by atoms with E-state index in [4.69, 9.17) is 15.3 Å². The van der Waals surface area contributed by atoms with Crippen molar-refractivity contribution in [1.82, 2.24) is 0 Å². The molecule has 0 unspecified atom stereocenters. The lowest BCUT2D eigenvalue weighted by Crippen LogP contribution is -1.93. The molecule has 0 saturated carbocycles. The third-order valence-electron chi connectivity index (χ3n) is 10.5. The molecule has 0 aliphatic carbocycles. The summed E-state index contributed by atoms with van der Waals surface area (Å²) in [5.74, 6) is -1.96. The number of hydrogen-bond acceptors (Lipinski definition) is 3. The third-order valence-corrected chi connectivity index (χ3v) is 10.5. The van der Waals surface area contributed by atoms with Crippen LogP contribution in [0.2, 0.25) is 0 Å². The lowest BCUT2D eigenvalue weighted by molar-refractivity contribution is -0.138. The summed E-state index contributed by atoms with van der Waals surface area (Å²) < 4.78 is 0. The van der Waals surface area contributed by atoms with Crippen LogP contribution in [0.25, 0.3) is 0 Å². The van der Waals surface area contributed by atoms with Gasteiger partial charge in [0, 0.05) is 19.3 Å². The summed E-state index contributed by atoms with van der Waals surface area (Å²) in [7, 11) is 0. The van der Waals surface area contributed by atoms with Gasteiger partial charge in [-0.2, -0.15) is 0 Å². The predicted molar refractivity (Wildman–Crippen MR) is 234 cm³/mol. The van der Waals surface area contributed by atoms with Crippen LogP contribution in [0.5, 0.6) is 0 Å². The summed E-state index contributed by atoms with van der Waals surface area (Å²) in [6.07, 6.45) is 51.8. The van der Waals surface area contributed by atoms with Gasteiger partial charge in [-0.15, -0.1) is 0 Å². The number of unbranched alkanes of at least 4 members (excludes halogenated alkanes) is 36. The second-order valence-electron chi connectivity index (χ2n) is 16.2. The van der Waals surface area contributed by atoms with Gasteiger partial charge in [-0.05, 0) is 19.3 Å². The van der Waals surface area contributed by atoms with E-state index in [1.54, 1.807) is 0 Å². The van der Waals surface area contributed by atoms with Crippen molar-refractivity contribution in [2.24, 2.45) is 0 Å². The number of rotatable bonds is 42. The van der Waals surface area contributed by atoms with Gasteiger partial charge in [-0.25, -0.2) is 0 Å². The standard InChI is InChI=1S/3C16H32O2/c3*1-2-3-4-5-6-7-8-9-10-11-12-13-14-15-16(17)18/h3*2-15H2,1H3,(H,17,18). The topological polar surface area (TPSA) is 112 Å². The van der Waals surface area contributed by atoms with Gasteiger partial charge >= 0.3 is 17.9 Å². The summed E-state index contributed by atoms with van der Waals surface area (Å²) in [6.45, 7) is 6.78. The molecule has 3 N–H and O–H groups in total. The van der Waals surface area contributed by atoms with E-state index in [1.165, 1.54) is 212 Å². The summed E-state index contributed by atoms with van der Waals surface area (Å²) in [6, 6.07) is 0. The lowest BCUT2D eigenvalue weighted by atomic mass is 10.0. The number of carbonyl (C=O) groups is 3. The first-order chi connectivity index (χ1) is 26.3. The minimum absolute atomic E-state index is 0.345.